The minimum atomic E-state index is -4.48. The molecule has 1 heterocycles. The fraction of sp³-hybridized carbons (Fsp3) is 0.667. The van der Waals surface area contributed by atoms with E-state index in [2.05, 4.69) is 30.9 Å². The van der Waals surface area contributed by atoms with Crippen LogP contribution in [0.25, 0.3) is 0 Å². The third-order valence-corrected chi connectivity index (χ3v) is 2.91. The van der Waals surface area contributed by atoms with Crippen LogP contribution in [0.1, 0.15) is 26.0 Å². The summed E-state index contributed by atoms with van der Waals surface area (Å²) in [4.78, 5) is 11.6. The van der Waals surface area contributed by atoms with Gasteiger partial charge in [-0.2, -0.15) is 13.2 Å². The van der Waals surface area contributed by atoms with Crippen LogP contribution in [-0.4, -0.2) is 55.3 Å². The molecule has 1 rings (SSSR count). The molecule has 0 aliphatic carbocycles. The van der Waals surface area contributed by atoms with E-state index < -0.39 is 11.9 Å². The van der Waals surface area contributed by atoms with E-state index in [-0.39, 0.29) is 29.9 Å². The van der Waals surface area contributed by atoms with Gasteiger partial charge in [0.25, 0.3) is 0 Å². The van der Waals surface area contributed by atoms with Crippen molar-refractivity contribution < 1.29 is 17.9 Å². The van der Waals surface area contributed by atoms with Crippen LogP contribution in [0.5, 0.6) is 0 Å². The number of ether oxygens (including phenoxy) is 1. The second-order valence-electron chi connectivity index (χ2n) is 4.93. The maximum absolute atomic E-state index is 12.6. The monoisotopic (exact) mass is 490 g/mol. The van der Waals surface area contributed by atoms with Crippen molar-refractivity contribution in [2.75, 3.05) is 44.7 Å². The molecule has 0 saturated heterocycles. The Hall–Kier alpha value is -1.37. The molecule has 0 saturated carbocycles. The molecule has 11 heteroatoms. The summed E-state index contributed by atoms with van der Waals surface area (Å²) < 4.78 is 43.0. The van der Waals surface area contributed by atoms with E-state index >= 15 is 0 Å². The van der Waals surface area contributed by atoms with Crippen LogP contribution in [-0.2, 0) is 10.9 Å². The number of nitrogens with one attached hydrogen (secondary N) is 3. The lowest BCUT2D eigenvalue weighted by Crippen LogP contribution is -2.39. The van der Waals surface area contributed by atoms with Gasteiger partial charge in [0.1, 0.15) is 5.69 Å². The second-order valence-corrected chi connectivity index (χ2v) is 4.93. The molecule has 1 aromatic heterocycles. The number of hydrogen-bond acceptors (Lipinski definition) is 5. The Labute approximate surface area is 168 Å². The first-order chi connectivity index (χ1) is 12.0. The number of aromatic nitrogens is 2. The van der Waals surface area contributed by atoms with E-state index in [0.717, 1.165) is 18.7 Å². The van der Waals surface area contributed by atoms with Gasteiger partial charge in [0.2, 0.25) is 5.95 Å². The van der Waals surface area contributed by atoms with Gasteiger partial charge in [-0.15, -0.1) is 24.0 Å². The van der Waals surface area contributed by atoms with Crippen LogP contribution in [0.3, 0.4) is 0 Å². The zero-order valence-electron chi connectivity index (χ0n) is 14.9. The van der Waals surface area contributed by atoms with Gasteiger partial charge < -0.3 is 20.7 Å². The van der Waals surface area contributed by atoms with Crippen LogP contribution in [0.2, 0.25) is 0 Å². The Kier molecular flexibility index (Phi) is 13.1. The normalized spacial score (nSPS) is 11.7. The lowest BCUT2D eigenvalue weighted by atomic mass is 10.4. The fourth-order valence-electron chi connectivity index (χ4n) is 1.80. The topological polar surface area (TPSA) is 83.5 Å². The molecule has 7 nitrogen and oxygen atoms in total. The highest BCUT2D eigenvalue weighted by Gasteiger charge is 2.32. The fourth-order valence-corrected chi connectivity index (χ4v) is 1.80. The predicted octanol–water partition coefficient (Wildman–Crippen LogP) is 2.51. The maximum atomic E-state index is 12.6. The molecule has 3 N–H and O–H groups in total. The third kappa shape index (κ3) is 10.6. The lowest BCUT2D eigenvalue weighted by Gasteiger charge is -2.12. The van der Waals surface area contributed by atoms with Gasteiger partial charge in [-0.25, -0.2) is 9.97 Å². The number of hydrogen-bond donors (Lipinski definition) is 3. The Morgan fingerprint density at radius 1 is 1.23 bits per heavy atom. The average molecular weight is 490 g/mol. The second kappa shape index (κ2) is 13.8. The molecule has 0 aliphatic rings. The summed E-state index contributed by atoms with van der Waals surface area (Å²) in [7, 11) is 0. The molecule has 0 spiro atoms. The van der Waals surface area contributed by atoms with Gasteiger partial charge >= 0.3 is 6.18 Å². The molecule has 150 valence electrons. The SMILES string of the molecule is CCNC(=NCCCOCC)NCCNc1nccc(C(F)(F)F)n1.I. The van der Waals surface area contributed by atoms with E-state index in [1.54, 1.807) is 0 Å². The Balaban J connectivity index is 0.00000625. The summed E-state index contributed by atoms with van der Waals surface area (Å²) in [6.45, 7) is 7.38. The summed E-state index contributed by atoms with van der Waals surface area (Å²) in [5, 5.41) is 8.93. The molecule has 0 amide bonds. The van der Waals surface area contributed by atoms with Crippen molar-refractivity contribution in [1.82, 2.24) is 20.6 Å². The molecule has 0 fully saturated rings. The standard InChI is InChI=1S/C15H25F3N6O.HI/c1-3-19-13(20-7-5-11-25-4-2)22-9-10-23-14-21-8-6-12(24-14)15(16,17)18;/h6,8H,3-5,7,9-11H2,1-2H3,(H2,19,20,22)(H,21,23,24);1H. The number of halogens is 4. The first-order valence-electron chi connectivity index (χ1n) is 8.21. The molecule has 0 aromatic carbocycles. The van der Waals surface area contributed by atoms with Gasteiger partial charge in [-0.1, -0.05) is 0 Å². The number of rotatable bonds is 10. The minimum Gasteiger partial charge on any atom is -0.382 e. The smallest absolute Gasteiger partial charge is 0.382 e. The third-order valence-electron chi connectivity index (χ3n) is 2.91. The highest BCUT2D eigenvalue weighted by atomic mass is 127. The van der Waals surface area contributed by atoms with Crippen LogP contribution in [0, 0.1) is 0 Å². The molecule has 0 unspecified atom stereocenters. The number of aliphatic imine (C=N–C) groups is 1. The van der Waals surface area contributed by atoms with Crippen molar-refractivity contribution in [1.29, 1.82) is 0 Å². The largest absolute Gasteiger partial charge is 0.433 e. The van der Waals surface area contributed by atoms with Crippen LogP contribution in [0.4, 0.5) is 19.1 Å². The highest BCUT2D eigenvalue weighted by molar-refractivity contribution is 14.0. The van der Waals surface area contributed by atoms with Crippen molar-refractivity contribution in [3.63, 3.8) is 0 Å². The summed E-state index contributed by atoms with van der Waals surface area (Å²) in [6.07, 6.45) is -2.58. The van der Waals surface area contributed by atoms with E-state index in [0.29, 0.717) is 45.4 Å². The molecular formula is C15H26F3IN6O. The minimum absolute atomic E-state index is 0. The first-order valence-corrected chi connectivity index (χ1v) is 8.21. The highest BCUT2D eigenvalue weighted by Crippen LogP contribution is 2.27. The van der Waals surface area contributed by atoms with E-state index in [1.807, 2.05) is 13.8 Å². The predicted molar refractivity (Wildman–Crippen MR) is 106 cm³/mol. The van der Waals surface area contributed by atoms with Crippen molar-refractivity contribution >= 4 is 35.9 Å². The van der Waals surface area contributed by atoms with E-state index in [4.69, 9.17) is 4.74 Å². The van der Waals surface area contributed by atoms with Gasteiger partial charge in [-0.3, -0.25) is 4.99 Å². The molecule has 26 heavy (non-hydrogen) atoms. The summed E-state index contributed by atoms with van der Waals surface area (Å²) in [5.41, 5.74) is -0.970. The Bertz CT molecular complexity index is 530. The zero-order valence-corrected chi connectivity index (χ0v) is 17.2. The van der Waals surface area contributed by atoms with Crippen LogP contribution < -0.4 is 16.0 Å². The Morgan fingerprint density at radius 3 is 2.65 bits per heavy atom. The van der Waals surface area contributed by atoms with Crippen LogP contribution in [0.15, 0.2) is 17.3 Å². The Morgan fingerprint density at radius 2 is 2.00 bits per heavy atom. The van der Waals surface area contributed by atoms with Gasteiger partial charge in [0.15, 0.2) is 5.96 Å². The first kappa shape index (κ1) is 24.6. The number of guanidine groups is 1. The lowest BCUT2D eigenvalue weighted by molar-refractivity contribution is -0.141. The molecule has 0 radical (unpaired) electrons. The maximum Gasteiger partial charge on any atom is 0.433 e. The zero-order chi connectivity index (χ0) is 18.5. The van der Waals surface area contributed by atoms with E-state index in [9.17, 15) is 13.2 Å². The molecule has 0 atom stereocenters. The molecular weight excluding hydrogens is 464 g/mol. The van der Waals surface area contributed by atoms with Crippen molar-refractivity contribution in [3.8, 4) is 0 Å². The summed E-state index contributed by atoms with van der Waals surface area (Å²) in [5.74, 6) is 0.584. The number of nitrogens with zero attached hydrogens (tertiary/aromatic N) is 3. The van der Waals surface area contributed by atoms with Crippen molar-refractivity contribution in [2.24, 2.45) is 4.99 Å². The van der Waals surface area contributed by atoms with Crippen LogP contribution >= 0.6 is 24.0 Å². The van der Waals surface area contributed by atoms with Crippen molar-refractivity contribution in [2.45, 2.75) is 26.4 Å². The quantitative estimate of drug-likeness (QED) is 0.203. The summed E-state index contributed by atoms with van der Waals surface area (Å²) in [6, 6.07) is 0.835. The van der Waals surface area contributed by atoms with E-state index in [1.165, 1.54) is 0 Å². The average Bonchev–Trinajstić information content (AvgIpc) is 2.58. The van der Waals surface area contributed by atoms with Gasteiger partial charge in [0, 0.05) is 45.6 Å². The summed E-state index contributed by atoms with van der Waals surface area (Å²) >= 11 is 0. The van der Waals surface area contributed by atoms with Gasteiger partial charge in [0.05, 0.1) is 0 Å². The van der Waals surface area contributed by atoms with Crippen molar-refractivity contribution in [3.05, 3.63) is 18.0 Å². The molecule has 0 bridgehead atoms. The number of anilines is 1. The number of alkyl halides is 3. The molecule has 0 aliphatic heterocycles. The van der Waals surface area contributed by atoms with Gasteiger partial charge in [-0.05, 0) is 26.3 Å². The molecule has 1 aromatic rings.